The van der Waals surface area contributed by atoms with Gasteiger partial charge >= 0.3 is 0 Å². The number of aromatic nitrogens is 1. The van der Waals surface area contributed by atoms with E-state index in [1.165, 1.54) is 47.7 Å². The molecular formula is C26H23ClN6O5S2. The van der Waals surface area contributed by atoms with Crippen molar-refractivity contribution in [2.45, 2.75) is 4.90 Å². The zero-order valence-electron chi connectivity index (χ0n) is 20.9. The summed E-state index contributed by atoms with van der Waals surface area (Å²) in [6.45, 7) is 2.68. The average Bonchev–Trinajstić information content (AvgIpc) is 3.39. The number of nitrogens with zero attached hydrogens (tertiary/aromatic N) is 4. The standard InChI is InChI=1S/C26H23ClN6O5S2/c27-19-6-8-20(9-7-19)31-40(36,37)24-16-21(33(34)35)10-11-22(24)30-28-17-23-25(18-4-2-1-3-5-18)29-26(39-23)32-12-14-38-15-13-32/h1-11,16-17,30-31H,12-15H2/b28-17+. The average molecular weight is 599 g/mol. The van der Waals surface area contributed by atoms with Crippen molar-refractivity contribution in [1.82, 2.24) is 4.98 Å². The molecule has 1 aromatic heterocycles. The molecule has 0 saturated carbocycles. The highest BCUT2D eigenvalue weighted by atomic mass is 35.5. The lowest BCUT2D eigenvalue weighted by Gasteiger charge is -2.26. The number of sulfonamides is 1. The Morgan fingerprint density at radius 2 is 1.80 bits per heavy atom. The number of rotatable bonds is 9. The number of hydrogen-bond donors (Lipinski definition) is 2. The van der Waals surface area contributed by atoms with Crippen molar-refractivity contribution >= 4 is 61.4 Å². The van der Waals surface area contributed by atoms with Crippen molar-refractivity contribution in [2.75, 3.05) is 41.4 Å². The topological polar surface area (TPSA) is 139 Å². The number of ether oxygens (including phenoxy) is 1. The van der Waals surface area contributed by atoms with Gasteiger partial charge in [0.05, 0.1) is 40.6 Å². The Labute approximate surface area is 239 Å². The summed E-state index contributed by atoms with van der Waals surface area (Å²) in [5, 5.41) is 17.0. The van der Waals surface area contributed by atoms with Crippen LogP contribution < -0.4 is 15.0 Å². The molecule has 2 N–H and O–H groups in total. The number of hydrazone groups is 1. The van der Waals surface area contributed by atoms with Crippen LogP contribution in [0.25, 0.3) is 11.3 Å². The van der Waals surface area contributed by atoms with Crippen LogP contribution in [0.4, 0.5) is 22.2 Å². The molecule has 14 heteroatoms. The SMILES string of the molecule is O=[N+]([O-])c1ccc(N/N=C/c2sc(N3CCOCC3)nc2-c2ccccc2)c(S(=O)(=O)Nc2ccc(Cl)cc2)c1. The van der Waals surface area contributed by atoms with E-state index in [0.29, 0.717) is 18.2 Å². The molecule has 40 heavy (non-hydrogen) atoms. The molecule has 1 aliphatic rings. The van der Waals surface area contributed by atoms with E-state index in [2.05, 4.69) is 20.1 Å². The van der Waals surface area contributed by atoms with Gasteiger partial charge in [-0.3, -0.25) is 20.3 Å². The molecule has 0 aliphatic carbocycles. The van der Waals surface area contributed by atoms with E-state index in [1.54, 1.807) is 6.21 Å². The van der Waals surface area contributed by atoms with Crippen LogP contribution in [0, 0.1) is 10.1 Å². The number of benzene rings is 3. The highest BCUT2D eigenvalue weighted by Crippen LogP contribution is 2.33. The number of non-ortho nitro benzene ring substituents is 1. The van der Waals surface area contributed by atoms with Gasteiger partial charge in [-0.1, -0.05) is 53.3 Å². The first-order chi connectivity index (χ1) is 19.3. The van der Waals surface area contributed by atoms with Gasteiger partial charge in [0.1, 0.15) is 4.90 Å². The van der Waals surface area contributed by atoms with E-state index in [0.717, 1.165) is 40.4 Å². The number of hydrogen-bond acceptors (Lipinski definition) is 10. The molecule has 5 rings (SSSR count). The maximum absolute atomic E-state index is 13.3. The predicted molar refractivity (Wildman–Crippen MR) is 157 cm³/mol. The third-order valence-corrected chi connectivity index (χ3v) is 8.62. The molecule has 4 aromatic rings. The zero-order chi connectivity index (χ0) is 28.1. The van der Waals surface area contributed by atoms with Crippen molar-refractivity contribution in [1.29, 1.82) is 0 Å². The number of nitrogens with one attached hydrogen (secondary N) is 2. The van der Waals surface area contributed by atoms with Gasteiger partial charge in [0, 0.05) is 41.5 Å². The molecular weight excluding hydrogens is 576 g/mol. The lowest BCUT2D eigenvalue weighted by molar-refractivity contribution is -0.385. The Hall–Kier alpha value is -4.04. The van der Waals surface area contributed by atoms with Gasteiger partial charge in [-0.05, 0) is 30.3 Å². The van der Waals surface area contributed by atoms with Crippen molar-refractivity contribution < 1.29 is 18.1 Å². The van der Waals surface area contributed by atoms with Crippen molar-refractivity contribution in [2.24, 2.45) is 5.10 Å². The summed E-state index contributed by atoms with van der Waals surface area (Å²) in [6.07, 6.45) is 1.56. The van der Waals surface area contributed by atoms with Crippen LogP contribution >= 0.6 is 22.9 Å². The van der Waals surface area contributed by atoms with Gasteiger partial charge in [-0.15, -0.1) is 0 Å². The summed E-state index contributed by atoms with van der Waals surface area (Å²) in [7, 11) is -4.23. The first kappa shape index (κ1) is 27.5. The van der Waals surface area contributed by atoms with Gasteiger partial charge in [-0.2, -0.15) is 5.10 Å². The van der Waals surface area contributed by atoms with E-state index in [-0.39, 0.29) is 22.0 Å². The van der Waals surface area contributed by atoms with E-state index >= 15 is 0 Å². The molecule has 1 fully saturated rings. The molecule has 0 spiro atoms. The first-order valence-corrected chi connectivity index (χ1v) is 14.7. The zero-order valence-corrected chi connectivity index (χ0v) is 23.2. The minimum Gasteiger partial charge on any atom is -0.378 e. The van der Waals surface area contributed by atoms with Gasteiger partial charge in [-0.25, -0.2) is 13.4 Å². The number of nitro benzene ring substituents is 1. The summed E-state index contributed by atoms with van der Waals surface area (Å²) < 4.78 is 34.4. The van der Waals surface area contributed by atoms with Crippen LogP contribution in [0.5, 0.6) is 0 Å². The molecule has 0 atom stereocenters. The maximum atomic E-state index is 13.3. The molecule has 1 saturated heterocycles. The van der Waals surface area contributed by atoms with Gasteiger partial charge < -0.3 is 9.64 Å². The quantitative estimate of drug-likeness (QED) is 0.147. The molecule has 0 bridgehead atoms. The van der Waals surface area contributed by atoms with E-state index in [9.17, 15) is 18.5 Å². The molecule has 206 valence electrons. The summed E-state index contributed by atoms with van der Waals surface area (Å²) in [5.41, 5.74) is 4.32. The van der Waals surface area contributed by atoms with Crippen LogP contribution in [-0.2, 0) is 14.8 Å². The second-order valence-corrected chi connectivity index (χ2v) is 11.7. The normalized spacial score (nSPS) is 13.9. The van der Waals surface area contributed by atoms with E-state index in [4.69, 9.17) is 21.3 Å². The molecule has 0 unspecified atom stereocenters. The van der Waals surface area contributed by atoms with Crippen molar-refractivity contribution in [3.63, 3.8) is 0 Å². The molecule has 3 aromatic carbocycles. The monoisotopic (exact) mass is 598 g/mol. The smallest absolute Gasteiger partial charge is 0.270 e. The minimum atomic E-state index is -4.23. The summed E-state index contributed by atoms with van der Waals surface area (Å²) in [4.78, 5) is 18.2. The highest BCUT2D eigenvalue weighted by molar-refractivity contribution is 7.92. The Morgan fingerprint density at radius 3 is 2.50 bits per heavy atom. The summed E-state index contributed by atoms with van der Waals surface area (Å²) in [6, 6.07) is 19.2. The van der Waals surface area contributed by atoms with Gasteiger partial charge in [0.2, 0.25) is 0 Å². The third kappa shape index (κ3) is 6.39. The lowest BCUT2D eigenvalue weighted by atomic mass is 10.1. The van der Waals surface area contributed by atoms with Crippen LogP contribution in [0.1, 0.15) is 4.88 Å². The maximum Gasteiger partial charge on any atom is 0.270 e. The number of thiazole rings is 1. The molecule has 11 nitrogen and oxygen atoms in total. The third-order valence-electron chi connectivity index (χ3n) is 5.90. The van der Waals surface area contributed by atoms with Crippen LogP contribution in [0.2, 0.25) is 5.02 Å². The van der Waals surface area contributed by atoms with Crippen molar-refractivity contribution in [3.8, 4) is 11.3 Å². The van der Waals surface area contributed by atoms with Gasteiger partial charge in [0.25, 0.3) is 15.7 Å². The Balaban J connectivity index is 1.46. The van der Waals surface area contributed by atoms with Crippen molar-refractivity contribution in [3.05, 3.63) is 92.8 Å². The first-order valence-electron chi connectivity index (χ1n) is 12.0. The highest BCUT2D eigenvalue weighted by Gasteiger charge is 2.23. The fraction of sp³-hybridized carbons (Fsp3) is 0.154. The number of nitro groups is 1. The van der Waals surface area contributed by atoms with Crippen LogP contribution in [-0.4, -0.2) is 50.8 Å². The van der Waals surface area contributed by atoms with E-state index < -0.39 is 14.9 Å². The number of halogens is 1. The molecule has 2 heterocycles. The Bertz CT molecular complexity index is 1640. The second kappa shape index (κ2) is 12.0. The summed E-state index contributed by atoms with van der Waals surface area (Å²) >= 11 is 7.35. The molecule has 1 aliphatic heterocycles. The predicted octanol–water partition coefficient (Wildman–Crippen LogP) is 5.46. The largest absolute Gasteiger partial charge is 0.378 e. The minimum absolute atomic E-state index is 0.0579. The van der Waals surface area contributed by atoms with E-state index in [1.807, 2.05) is 30.3 Å². The molecule has 0 amide bonds. The Morgan fingerprint density at radius 1 is 1.07 bits per heavy atom. The number of anilines is 3. The lowest BCUT2D eigenvalue weighted by Crippen LogP contribution is -2.36. The Kier molecular flexibility index (Phi) is 8.26. The fourth-order valence-electron chi connectivity index (χ4n) is 3.93. The van der Waals surface area contributed by atoms with Crippen LogP contribution in [0.3, 0.4) is 0 Å². The van der Waals surface area contributed by atoms with Gasteiger partial charge in [0.15, 0.2) is 5.13 Å². The number of morpholine rings is 1. The second-order valence-electron chi connectivity index (χ2n) is 8.59. The molecule has 0 radical (unpaired) electrons. The van der Waals surface area contributed by atoms with Crippen LogP contribution in [0.15, 0.2) is 82.8 Å². The fourth-order valence-corrected chi connectivity index (χ4v) is 6.30. The summed E-state index contributed by atoms with van der Waals surface area (Å²) in [5.74, 6) is 0.